The smallest absolute Gasteiger partial charge is 0.136 e. The van der Waals surface area contributed by atoms with Gasteiger partial charge in [0.15, 0.2) is 0 Å². The largest absolute Gasteiger partial charge is 0.497 e. The van der Waals surface area contributed by atoms with Crippen molar-refractivity contribution in [3.8, 4) is 17.2 Å². The summed E-state index contributed by atoms with van der Waals surface area (Å²) in [5.74, 6) is 2.54. The molecule has 2 aliphatic rings. The van der Waals surface area contributed by atoms with Gasteiger partial charge in [-0.15, -0.1) is 0 Å². The van der Waals surface area contributed by atoms with Crippen molar-refractivity contribution in [2.45, 2.75) is 6.54 Å². The quantitative estimate of drug-likeness (QED) is 0.529. The average Bonchev–Trinajstić information content (AvgIpc) is 2.94. The Labute approximate surface area is 188 Å². The third kappa shape index (κ3) is 4.01. The molecule has 0 radical (unpaired) electrons. The van der Waals surface area contributed by atoms with E-state index in [1.807, 2.05) is 54.6 Å². The molecule has 0 saturated carbocycles. The second kappa shape index (κ2) is 8.66. The summed E-state index contributed by atoms with van der Waals surface area (Å²) in [5, 5.41) is 0.754. The van der Waals surface area contributed by atoms with E-state index in [1.165, 1.54) is 5.56 Å². The Morgan fingerprint density at radius 3 is 2.10 bits per heavy atom. The molecule has 158 valence electrons. The first-order chi connectivity index (χ1) is 15.2. The zero-order valence-electron chi connectivity index (χ0n) is 17.6. The number of halogens is 1. The van der Waals surface area contributed by atoms with Crippen LogP contribution in [-0.4, -0.2) is 43.1 Å². The van der Waals surface area contributed by atoms with E-state index in [-0.39, 0.29) is 0 Å². The SMILES string of the molecule is COc1ccc(CN2CCN(C3=C(Cl)c4ccccc4Oc4ccccc43)CC2)cc1. The number of rotatable bonds is 4. The fourth-order valence-corrected chi connectivity index (χ4v) is 4.66. The summed E-state index contributed by atoms with van der Waals surface area (Å²) < 4.78 is 11.5. The van der Waals surface area contributed by atoms with Crippen LogP contribution in [0.25, 0.3) is 10.7 Å². The molecule has 1 fully saturated rings. The lowest BCUT2D eigenvalue weighted by atomic mass is 10.1. The third-order valence-corrected chi connectivity index (χ3v) is 6.33. The lowest BCUT2D eigenvalue weighted by Gasteiger charge is -2.38. The van der Waals surface area contributed by atoms with Crippen LogP contribution in [0.1, 0.15) is 16.7 Å². The predicted octanol–water partition coefficient (Wildman–Crippen LogP) is 5.68. The number of hydrogen-bond donors (Lipinski definition) is 0. The van der Waals surface area contributed by atoms with E-state index in [0.29, 0.717) is 0 Å². The molecule has 0 amide bonds. The Bertz CT molecular complexity index is 1100. The van der Waals surface area contributed by atoms with Gasteiger partial charge in [0.05, 0.1) is 17.8 Å². The van der Waals surface area contributed by atoms with Gasteiger partial charge in [0.2, 0.25) is 0 Å². The Hall–Kier alpha value is -2.95. The highest BCUT2D eigenvalue weighted by molar-refractivity contribution is 6.53. The fourth-order valence-electron chi connectivity index (χ4n) is 4.28. The van der Waals surface area contributed by atoms with Crippen molar-refractivity contribution in [1.82, 2.24) is 9.80 Å². The number of methoxy groups -OCH3 is 1. The van der Waals surface area contributed by atoms with Crippen LogP contribution in [0.2, 0.25) is 0 Å². The summed E-state index contributed by atoms with van der Waals surface area (Å²) >= 11 is 7.01. The maximum Gasteiger partial charge on any atom is 0.136 e. The highest BCUT2D eigenvalue weighted by Gasteiger charge is 2.28. The van der Waals surface area contributed by atoms with E-state index in [1.54, 1.807) is 7.11 Å². The van der Waals surface area contributed by atoms with Crippen LogP contribution in [0.3, 0.4) is 0 Å². The van der Waals surface area contributed by atoms with Crippen molar-refractivity contribution in [2.24, 2.45) is 0 Å². The predicted molar refractivity (Wildman–Crippen MR) is 125 cm³/mol. The highest BCUT2D eigenvalue weighted by Crippen LogP contribution is 2.45. The molecule has 0 atom stereocenters. The van der Waals surface area contributed by atoms with E-state index in [2.05, 4.69) is 28.0 Å². The summed E-state index contributed by atoms with van der Waals surface area (Å²) in [5.41, 5.74) is 4.35. The van der Waals surface area contributed by atoms with Gasteiger partial charge in [0.25, 0.3) is 0 Å². The molecule has 4 nitrogen and oxygen atoms in total. The monoisotopic (exact) mass is 432 g/mol. The van der Waals surface area contributed by atoms with E-state index >= 15 is 0 Å². The van der Waals surface area contributed by atoms with Gasteiger partial charge >= 0.3 is 0 Å². The van der Waals surface area contributed by atoms with Gasteiger partial charge in [0, 0.05) is 43.9 Å². The molecule has 0 spiro atoms. The maximum absolute atomic E-state index is 7.01. The normalized spacial score (nSPS) is 16.3. The summed E-state index contributed by atoms with van der Waals surface area (Å²) in [6.07, 6.45) is 0. The highest BCUT2D eigenvalue weighted by atomic mass is 35.5. The van der Waals surface area contributed by atoms with Crippen LogP contribution in [0, 0.1) is 0 Å². The zero-order chi connectivity index (χ0) is 21.2. The topological polar surface area (TPSA) is 24.9 Å². The standard InChI is InChI=1S/C26H25ClN2O2/c1-30-20-12-10-19(11-13-20)18-28-14-16-29(17-15-28)26-22-7-3-5-9-24(22)31-23-8-4-2-6-21(23)25(26)27/h2-13H,14-18H2,1H3. The second-order valence-corrected chi connectivity index (χ2v) is 8.25. The van der Waals surface area contributed by atoms with Crippen molar-refractivity contribution in [1.29, 1.82) is 0 Å². The van der Waals surface area contributed by atoms with Crippen LogP contribution in [0.15, 0.2) is 72.8 Å². The van der Waals surface area contributed by atoms with Crippen LogP contribution < -0.4 is 9.47 Å². The lowest BCUT2D eigenvalue weighted by molar-refractivity contribution is 0.169. The van der Waals surface area contributed by atoms with E-state index in [0.717, 1.165) is 71.8 Å². The summed E-state index contributed by atoms with van der Waals surface area (Å²) in [4.78, 5) is 4.89. The minimum absolute atomic E-state index is 0.754. The molecular formula is C26H25ClN2O2. The van der Waals surface area contributed by atoms with Crippen molar-refractivity contribution in [2.75, 3.05) is 33.3 Å². The first kappa shape index (κ1) is 20.0. The Balaban J connectivity index is 1.38. The molecule has 2 heterocycles. The van der Waals surface area contributed by atoms with Gasteiger partial charge in [-0.25, -0.2) is 0 Å². The molecule has 0 N–H and O–H groups in total. The maximum atomic E-state index is 7.01. The Morgan fingerprint density at radius 1 is 0.806 bits per heavy atom. The molecule has 5 rings (SSSR count). The van der Waals surface area contributed by atoms with Gasteiger partial charge in [-0.1, -0.05) is 48.0 Å². The van der Waals surface area contributed by atoms with Gasteiger partial charge in [0.1, 0.15) is 17.2 Å². The van der Waals surface area contributed by atoms with Crippen LogP contribution in [0.5, 0.6) is 17.2 Å². The Morgan fingerprint density at radius 2 is 1.42 bits per heavy atom. The van der Waals surface area contributed by atoms with E-state index in [4.69, 9.17) is 21.1 Å². The minimum atomic E-state index is 0.754. The molecule has 5 heteroatoms. The van der Waals surface area contributed by atoms with E-state index in [9.17, 15) is 0 Å². The summed E-state index contributed by atoms with van der Waals surface area (Å²) in [7, 11) is 1.70. The molecule has 2 aliphatic heterocycles. The molecule has 0 aliphatic carbocycles. The first-order valence-corrected chi connectivity index (χ1v) is 11.0. The fraction of sp³-hybridized carbons (Fsp3) is 0.231. The van der Waals surface area contributed by atoms with Gasteiger partial charge in [-0.2, -0.15) is 0 Å². The molecule has 0 bridgehead atoms. The Kier molecular flexibility index (Phi) is 5.58. The zero-order valence-corrected chi connectivity index (χ0v) is 18.3. The van der Waals surface area contributed by atoms with Gasteiger partial charge in [-0.3, -0.25) is 4.90 Å². The van der Waals surface area contributed by atoms with Crippen LogP contribution in [0.4, 0.5) is 0 Å². The summed E-state index contributed by atoms with van der Waals surface area (Å²) in [6, 6.07) is 24.5. The summed E-state index contributed by atoms with van der Waals surface area (Å²) in [6.45, 7) is 4.72. The number of para-hydroxylation sites is 2. The number of hydrogen-bond acceptors (Lipinski definition) is 4. The average molecular weight is 433 g/mol. The van der Waals surface area contributed by atoms with Crippen molar-refractivity contribution in [3.05, 3.63) is 89.5 Å². The molecule has 3 aromatic carbocycles. The number of ether oxygens (including phenoxy) is 2. The van der Waals surface area contributed by atoms with Crippen LogP contribution >= 0.6 is 11.6 Å². The minimum Gasteiger partial charge on any atom is -0.497 e. The molecule has 31 heavy (non-hydrogen) atoms. The molecule has 0 aromatic heterocycles. The van der Waals surface area contributed by atoms with Crippen molar-refractivity contribution >= 4 is 22.3 Å². The van der Waals surface area contributed by atoms with Crippen molar-refractivity contribution < 1.29 is 9.47 Å². The van der Waals surface area contributed by atoms with Crippen molar-refractivity contribution in [3.63, 3.8) is 0 Å². The number of benzene rings is 3. The van der Waals surface area contributed by atoms with Crippen LogP contribution in [-0.2, 0) is 6.54 Å². The number of piperazine rings is 1. The first-order valence-electron chi connectivity index (χ1n) is 10.6. The molecule has 3 aromatic rings. The molecular weight excluding hydrogens is 408 g/mol. The molecule has 0 unspecified atom stereocenters. The lowest BCUT2D eigenvalue weighted by Crippen LogP contribution is -2.45. The van der Waals surface area contributed by atoms with E-state index < -0.39 is 0 Å². The van der Waals surface area contributed by atoms with Gasteiger partial charge in [-0.05, 0) is 42.0 Å². The number of fused-ring (bicyclic) bond motifs is 2. The number of nitrogens with zero attached hydrogens (tertiary/aromatic N) is 2. The second-order valence-electron chi connectivity index (χ2n) is 7.87. The third-order valence-electron chi connectivity index (χ3n) is 5.95. The molecule has 1 saturated heterocycles. The van der Waals surface area contributed by atoms with Gasteiger partial charge < -0.3 is 14.4 Å².